The first-order valence-electron chi connectivity index (χ1n) is 8.07. The zero-order valence-corrected chi connectivity index (χ0v) is 13.7. The van der Waals surface area contributed by atoms with E-state index in [1.54, 1.807) is 0 Å². The SMILES string of the molecule is CC(C)OCCCNC(=O)C(=O)NCCCN1CCOCC1. The third kappa shape index (κ3) is 8.96. The van der Waals surface area contributed by atoms with Crippen molar-refractivity contribution in [1.29, 1.82) is 0 Å². The Balaban J connectivity index is 1.97. The van der Waals surface area contributed by atoms with Crippen molar-refractivity contribution in [2.24, 2.45) is 0 Å². The Hall–Kier alpha value is -1.18. The fourth-order valence-corrected chi connectivity index (χ4v) is 2.08. The van der Waals surface area contributed by atoms with Gasteiger partial charge in [0.2, 0.25) is 0 Å². The van der Waals surface area contributed by atoms with Crippen molar-refractivity contribution in [3.05, 3.63) is 0 Å². The number of hydrogen-bond donors (Lipinski definition) is 2. The van der Waals surface area contributed by atoms with Crippen LogP contribution in [-0.4, -0.2) is 75.4 Å². The molecule has 0 aromatic carbocycles. The van der Waals surface area contributed by atoms with E-state index in [4.69, 9.17) is 9.47 Å². The van der Waals surface area contributed by atoms with Gasteiger partial charge >= 0.3 is 11.8 Å². The molecule has 1 aliphatic rings. The highest BCUT2D eigenvalue weighted by atomic mass is 16.5. The van der Waals surface area contributed by atoms with Crippen LogP contribution < -0.4 is 10.6 Å². The number of amides is 2. The lowest BCUT2D eigenvalue weighted by Gasteiger charge is -2.26. The van der Waals surface area contributed by atoms with E-state index in [1.807, 2.05) is 13.8 Å². The number of carbonyl (C=O) groups is 2. The molecule has 1 heterocycles. The molecule has 0 aliphatic carbocycles. The normalized spacial score (nSPS) is 15.8. The minimum Gasteiger partial charge on any atom is -0.379 e. The van der Waals surface area contributed by atoms with Gasteiger partial charge in [-0.25, -0.2) is 0 Å². The summed E-state index contributed by atoms with van der Waals surface area (Å²) in [5.74, 6) is -1.14. The maximum absolute atomic E-state index is 11.6. The molecule has 1 fully saturated rings. The second kappa shape index (κ2) is 11.4. The number of carbonyl (C=O) groups excluding carboxylic acids is 2. The number of rotatable bonds is 9. The van der Waals surface area contributed by atoms with Crippen LogP contribution in [0.5, 0.6) is 0 Å². The van der Waals surface area contributed by atoms with E-state index in [-0.39, 0.29) is 6.10 Å². The summed E-state index contributed by atoms with van der Waals surface area (Å²) in [7, 11) is 0. The van der Waals surface area contributed by atoms with Crippen LogP contribution in [0.25, 0.3) is 0 Å². The van der Waals surface area contributed by atoms with Crippen molar-refractivity contribution in [1.82, 2.24) is 15.5 Å². The number of ether oxygens (including phenoxy) is 2. The van der Waals surface area contributed by atoms with Crippen molar-refractivity contribution in [2.45, 2.75) is 32.8 Å². The Labute approximate surface area is 132 Å². The minimum absolute atomic E-state index is 0.186. The fraction of sp³-hybridized carbons (Fsp3) is 0.867. The predicted molar refractivity (Wildman–Crippen MR) is 83.6 cm³/mol. The third-order valence-corrected chi connectivity index (χ3v) is 3.30. The molecule has 2 amide bonds. The molecule has 2 N–H and O–H groups in total. The van der Waals surface area contributed by atoms with E-state index in [2.05, 4.69) is 15.5 Å². The topological polar surface area (TPSA) is 79.9 Å². The van der Waals surface area contributed by atoms with Crippen LogP contribution in [0.4, 0.5) is 0 Å². The Morgan fingerprint density at radius 1 is 1.09 bits per heavy atom. The van der Waals surface area contributed by atoms with Gasteiger partial charge in [-0.05, 0) is 33.2 Å². The smallest absolute Gasteiger partial charge is 0.309 e. The van der Waals surface area contributed by atoms with Crippen LogP contribution >= 0.6 is 0 Å². The molecule has 128 valence electrons. The highest BCUT2D eigenvalue weighted by molar-refractivity contribution is 6.35. The predicted octanol–water partition coefficient (Wildman–Crippen LogP) is -0.244. The van der Waals surface area contributed by atoms with E-state index in [0.717, 1.165) is 39.3 Å². The molecular formula is C15H29N3O4. The van der Waals surface area contributed by atoms with E-state index in [9.17, 15) is 9.59 Å². The van der Waals surface area contributed by atoms with Gasteiger partial charge in [0.05, 0.1) is 19.3 Å². The summed E-state index contributed by atoms with van der Waals surface area (Å²) in [4.78, 5) is 25.4. The van der Waals surface area contributed by atoms with E-state index in [1.165, 1.54) is 0 Å². The fourth-order valence-electron chi connectivity index (χ4n) is 2.08. The summed E-state index contributed by atoms with van der Waals surface area (Å²) in [6, 6.07) is 0. The minimum atomic E-state index is -0.573. The first kappa shape index (κ1) is 18.9. The van der Waals surface area contributed by atoms with Crippen LogP contribution in [-0.2, 0) is 19.1 Å². The molecule has 1 aliphatic heterocycles. The van der Waals surface area contributed by atoms with Crippen molar-refractivity contribution in [2.75, 3.05) is 52.5 Å². The van der Waals surface area contributed by atoms with Crippen molar-refractivity contribution >= 4 is 11.8 Å². The van der Waals surface area contributed by atoms with E-state index in [0.29, 0.717) is 26.1 Å². The lowest BCUT2D eigenvalue weighted by Crippen LogP contribution is -2.42. The number of nitrogens with one attached hydrogen (secondary N) is 2. The van der Waals surface area contributed by atoms with Gasteiger partial charge in [0.15, 0.2) is 0 Å². The summed E-state index contributed by atoms with van der Waals surface area (Å²) >= 11 is 0. The monoisotopic (exact) mass is 315 g/mol. The second-order valence-corrected chi connectivity index (χ2v) is 5.59. The molecule has 7 heteroatoms. The zero-order chi connectivity index (χ0) is 16.2. The van der Waals surface area contributed by atoms with Crippen LogP contribution in [0.1, 0.15) is 26.7 Å². The van der Waals surface area contributed by atoms with Gasteiger partial charge in [-0.2, -0.15) is 0 Å². The Morgan fingerprint density at radius 3 is 2.27 bits per heavy atom. The largest absolute Gasteiger partial charge is 0.379 e. The quantitative estimate of drug-likeness (QED) is 0.453. The summed E-state index contributed by atoms with van der Waals surface area (Å²) in [5, 5.41) is 5.23. The van der Waals surface area contributed by atoms with E-state index < -0.39 is 11.8 Å². The number of nitrogens with zero attached hydrogens (tertiary/aromatic N) is 1. The van der Waals surface area contributed by atoms with Gasteiger partial charge in [-0.1, -0.05) is 0 Å². The van der Waals surface area contributed by atoms with Gasteiger partial charge in [0, 0.05) is 32.8 Å². The van der Waals surface area contributed by atoms with E-state index >= 15 is 0 Å². The van der Waals surface area contributed by atoms with Gasteiger partial charge in [-0.15, -0.1) is 0 Å². The average Bonchev–Trinajstić information content (AvgIpc) is 2.51. The molecule has 0 bridgehead atoms. The van der Waals surface area contributed by atoms with Crippen LogP contribution in [0, 0.1) is 0 Å². The summed E-state index contributed by atoms with van der Waals surface area (Å²) in [5.41, 5.74) is 0. The molecule has 22 heavy (non-hydrogen) atoms. The highest BCUT2D eigenvalue weighted by Crippen LogP contribution is 1.97. The molecule has 0 saturated carbocycles. The molecule has 0 spiro atoms. The molecule has 1 rings (SSSR count). The van der Waals surface area contributed by atoms with Crippen LogP contribution in [0.3, 0.4) is 0 Å². The number of hydrogen-bond acceptors (Lipinski definition) is 5. The Morgan fingerprint density at radius 2 is 1.68 bits per heavy atom. The highest BCUT2D eigenvalue weighted by Gasteiger charge is 2.13. The summed E-state index contributed by atoms with van der Waals surface area (Å²) < 4.78 is 10.6. The van der Waals surface area contributed by atoms with Crippen LogP contribution in [0.15, 0.2) is 0 Å². The maximum atomic E-state index is 11.6. The lowest BCUT2D eigenvalue weighted by atomic mass is 10.3. The zero-order valence-electron chi connectivity index (χ0n) is 13.7. The van der Waals surface area contributed by atoms with Crippen molar-refractivity contribution in [3.8, 4) is 0 Å². The Bertz CT molecular complexity index is 331. The summed E-state index contributed by atoms with van der Waals surface area (Å²) in [6.45, 7) is 9.81. The molecule has 0 radical (unpaired) electrons. The number of morpholine rings is 1. The molecule has 7 nitrogen and oxygen atoms in total. The summed E-state index contributed by atoms with van der Waals surface area (Å²) in [6.07, 6.45) is 1.72. The average molecular weight is 315 g/mol. The molecule has 0 unspecified atom stereocenters. The maximum Gasteiger partial charge on any atom is 0.309 e. The van der Waals surface area contributed by atoms with Gasteiger partial charge in [0.1, 0.15) is 0 Å². The van der Waals surface area contributed by atoms with Gasteiger partial charge in [0.25, 0.3) is 0 Å². The molecule has 0 aromatic rings. The van der Waals surface area contributed by atoms with Gasteiger partial charge in [-0.3, -0.25) is 14.5 Å². The van der Waals surface area contributed by atoms with Gasteiger partial charge < -0.3 is 20.1 Å². The van der Waals surface area contributed by atoms with Crippen LogP contribution in [0.2, 0.25) is 0 Å². The second-order valence-electron chi connectivity index (χ2n) is 5.59. The molecular weight excluding hydrogens is 286 g/mol. The molecule has 1 saturated heterocycles. The molecule has 0 aromatic heterocycles. The first-order valence-corrected chi connectivity index (χ1v) is 8.07. The third-order valence-electron chi connectivity index (χ3n) is 3.30. The van der Waals surface area contributed by atoms with Crippen molar-refractivity contribution < 1.29 is 19.1 Å². The van der Waals surface area contributed by atoms with Crippen molar-refractivity contribution in [3.63, 3.8) is 0 Å². The Kier molecular flexibility index (Phi) is 9.77. The first-order chi connectivity index (χ1) is 10.6. The standard InChI is InChI=1S/C15H29N3O4/c1-13(2)22-10-4-6-17-15(20)14(19)16-5-3-7-18-8-11-21-12-9-18/h13H,3-12H2,1-2H3,(H,16,19)(H,17,20). The lowest BCUT2D eigenvalue weighted by molar-refractivity contribution is -0.139. The molecule has 0 atom stereocenters.